The molecular formula is C25H24F3N5O2. The van der Waals surface area contributed by atoms with Crippen LogP contribution in [0.3, 0.4) is 0 Å². The minimum atomic E-state index is -1.77. The zero-order chi connectivity index (χ0) is 24.7. The Hall–Kier alpha value is -3.82. The van der Waals surface area contributed by atoms with Crippen LogP contribution < -0.4 is 5.32 Å². The third kappa shape index (κ3) is 4.48. The predicted molar refractivity (Wildman–Crippen MR) is 122 cm³/mol. The molecule has 0 saturated heterocycles. The van der Waals surface area contributed by atoms with Crippen molar-refractivity contribution in [2.75, 3.05) is 6.54 Å². The molecule has 182 valence electrons. The SMILES string of the molecule is Cn1cc(-c2ccn3cc(C4CCC(CNC(=O)c5cc(F)c(O)c(F)c5F)CC4)nc3c2)cn1. The van der Waals surface area contributed by atoms with Crippen molar-refractivity contribution >= 4 is 11.6 Å². The number of benzene rings is 1. The number of nitrogens with zero attached hydrogens (tertiary/aromatic N) is 4. The molecule has 4 aromatic rings. The number of amides is 1. The third-order valence-electron chi connectivity index (χ3n) is 6.71. The zero-order valence-corrected chi connectivity index (χ0v) is 19.0. The lowest BCUT2D eigenvalue weighted by atomic mass is 9.80. The second-order valence-electron chi connectivity index (χ2n) is 9.06. The molecule has 3 heterocycles. The molecule has 0 atom stereocenters. The Kier molecular flexibility index (Phi) is 5.96. The van der Waals surface area contributed by atoms with Crippen molar-refractivity contribution < 1.29 is 23.1 Å². The second-order valence-corrected chi connectivity index (χ2v) is 9.06. The molecule has 0 radical (unpaired) electrons. The standard InChI is InChI=1S/C25H24F3N5O2/c1-32-12-17(11-30-32)16-6-7-33-13-20(31-21(33)8-16)15-4-2-14(3-5-15)10-29-25(35)18-9-19(26)24(34)23(28)22(18)27/h6-9,11-15,34H,2-5,10H2,1H3,(H,29,35). The number of hydrogen-bond acceptors (Lipinski definition) is 4. The molecule has 1 amide bonds. The molecule has 1 aliphatic carbocycles. The summed E-state index contributed by atoms with van der Waals surface area (Å²) in [5, 5.41) is 15.9. The summed E-state index contributed by atoms with van der Waals surface area (Å²) in [6.45, 7) is 0.273. The molecule has 10 heteroatoms. The van der Waals surface area contributed by atoms with Gasteiger partial charge in [-0.15, -0.1) is 0 Å². The Labute approximate surface area is 199 Å². The maximum absolute atomic E-state index is 13.9. The van der Waals surface area contributed by atoms with Crippen molar-refractivity contribution in [2.45, 2.75) is 31.6 Å². The molecule has 0 bridgehead atoms. The van der Waals surface area contributed by atoms with E-state index < -0.39 is 34.7 Å². The van der Waals surface area contributed by atoms with Crippen LogP contribution in [0, 0.1) is 23.4 Å². The molecule has 35 heavy (non-hydrogen) atoms. The number of carbonyl (C=O) groups is 1. The van der Waals surface area contributed by atoms with E-state index in [0.29, 0.717) is 12.0 Å². The van der Waals surface area contributed by atoms with E-state index in [-0.39, 0.29) is 12.5 Å². The van der Waals surface area contributed by atoms with Gasteiger partial charge in [0.15, 0.2) is 17.4 Å². The Morgan fingerprint density at radius 1 is 1.11 bits per heavy atom. The van der Waals surface area contributed by atoms with Gasteiger partial charge in [-0.1, -0.05) is 0 Å². The van der Waals surface area contributed by atoms with Gasteiger partial charge < -0.3 is 14.8 Å². The van der Waals surface area contributed by atoms with Gasteiger partial charge in [-0.25, -0.2) is 13.8 Å². The highest BCUT2D eigenvalue weighted by Gasteiger charge is 2.26. The van der Waals surface area contributed by atoms with E-state index in [2.05, 4.69) is 10.4 Å². The number of pyridine rings is 1. The first-order valence-electron chi connectivity index (χ1n) is 11.4. The van der Waals surface area contributed by atoms with Crippen molar-refractivity contribution in [3.8, 4) is 16.9 Å². The number of aryl methyl sites for hydroxylation is 1. The van der Waals surface area contributed by atoms with E-state index in [1.54, 1.807) is 4.68 Å². The summed E-state index contributed by atoms with van der Waals surface area (Å²) in [6.07, 6.45) is 11.3. The topological polar surface area (TPSA) is 84.5 Å². The first kappa shape index (κ1) is 22.9. The molecule has 7 nitrogen and oxygen atoms in total. The Morgan fingerprint density at radius 2 is 1.89 bits per heavy atom. The molecule has 1 fully saturated rings. The van der Waals surface area contributed by atoms with Crippen molar-refractivity contribution in [2.24, 2.45) is 13.0 Å². The monoisotopic (exact) mass is 483 g/mol. The molecule has 5 rings (SSSR count). The van der Waals surface area contributed by atoms with Crippen LogP contribution in [0.5, 0.6) is 5.75 Å². The molecule has 1 aromatic carbocycles. The van der Waals surface area contributed by atoms with Crippen LogP contribution in [0.1, 0.15) is 47.7 Å². The summed E-state index contributed by atoms with van der Waals surface area (Å²) < 4.78 is 44.8. The largest absolute Gasteiger partial charge is 0.503 e. The number of rotatable bonds is 5. The van der Waals surface area contributed by atoms with Crippen LogP contribution in [-0.4, -0.2) is 36.7 Å². The van der Waals surface area contributed by atoms with Gasteiger partial charge in [0.1, 0.15) is 5.65 Å². The van der Waals surface area contributed by atoms with E-state index >= 15 is 0 Å². The minimum absolute atomic E-state index is 0.166. The number of hydrogen-bond donors (Lipinski definition) is 2. The fourth-order valence-corrected chi connectivity index (χ4v) is 4.69. The smallest absolute Gasteiger partial charge is 0.254 e. The van der Waals surface area contributed by atoms with Gasteiger partial charge in [0.05, 0.1) is 17.5 Å². The van der Waals surface area contributed by atoms with E-state index in [0.717, 1.165) is 48.2 Å². The molecule has 1 saturated carbocycles. The summed E-state index contributed by atoms with van der Waals surface area (Å²) in [6, 6.07) is 4.57. The maximum atomic E-state index is 13.9. The number of halogens is 3. The predicted octanol–water partition coefficient (Wildman–Crippen LogP) is 4.56. The van der Waals surface area contributed by atoms with E-state index in [9.17, 15) is 18.0 Å². The highest BCUT2D eigenvalue weighted by atomic mass is 19.2. The third-order valence-corrected chi connectivity index (χ3v) is 6.71. The van der Waals surface area contributed by atoms with Gasteiger partial charge in [0, 0.05) is 43.7 Å². The molecule has 0 spiro atoms. The summed E-state index contributed by atoms with van der Waals surface area (Å²) in [7, 11) is 1.88. The van der Waals surface area contributed by atoms with E-state index in [1.165, 1.54) is 0 Å². The van der Waals surface area contributed by atoms with Crippen molar-refractivity contribution in [1.82, 2.24) is 24.5 Å². The van der Waals surface area contributed by atoms with Gasteiger partial charge in [-0.3, -0.25) is 9.48 Å². The second kappa shape index (κ2) is 9.09. The molecule has 2 N–H and O–H groups in total. The van der Waals surface area contributed by atoms with Gasteiger partial charge in [-0.2, -0.15) is 9.49 Å². The molecular weight excluding hydrogens is 459 g/mol. The zero-order valence-electron chi connectivity index (χ0n) is 19.0. The van der Waals surface area contributed by atoms with Gasteiger partial charge in [-0.05, 0) is 55.4 Å². The van der Waals surface area contributed by atoms with Gasteiger partial charge >= 0.3 is 0 Å². The average molecular weight is 483 g/mol. The molecule has 0 aliphatic heterocycles. The molecule has 0 unspecified atom stereocenters. The van der Waals surface area contributed by atoms with Crippen LogP contribution in [0.15, 0.2) is 43.0 Å². The number of nitrogens with one attached hydrogen (secondary N) is 1. The van der Waals surface area contributed by atoms with E-state index in [1.807, 2.05) is 48.4 Å². The molecule has 3 aromatic heterocycles. The van der Waals surface area contributed by atoms with Crippen molar-refractivity contribution in [1.29, 1.82) is 0 Å². The van der Waals surface area contributed by atoms with Gasteiger partial charge in [0.2, 0.25) is 5.82 Å². The minimum Gasteiger partial charge on any atom is -0.503 e. The van der Waals surface area contributed by atoms with Crippen molar-refractivity contribution in [3.05, 3.63) is 71.7 Å². The first-order valence-corrected chi connectivity index (χ1v) is 11.4. The number of phenols is 1. The van der Waals surface area contributed by atoms with E-state index in [4.69, 9.17) is 10.1 Å². The number of imidazole rings is 1. The van der Waals surface area contributed by atoms with Crippen molar-refractivity contribution in [3.63, 3.8) is 0 Å². The lowest BCUT2D eigenvalue weighted by Crippen LogP contribution is -2.32. The number of fused-ring (bicyclic) bond motifs is 1. The summed E-state index contributed by atoms with van der Waals surface area (Å²) in [4.78, 5) is 17.1. The Bertz CT molecular complexity index is 1410. The van der Waals surface area contributed by atoms with Crippen LogP contribution in [0.2, 0.25) is 0 Å². The average Bonchev–Trinajstić information content (AvgIpc) is 3.49. The molecule has 1 aliphatic rings. The fraction of sp³-hybridized carbons (Fsp3) is 0.320. The maximum Gasteiger partial charge on any atom is 0.254 e. The van der Waals surface area contributed by atoms with Crippen LogP contribution in [0.25, 0.3) is 16.8 Å². The van der Waals surface area contributed by atoms with Crippen LogP contribution in [-0.2, 0) is 7.05 Å². The number of carbonyl (C=O) groups excluding carboxylic acids is 1. The highest BCUT2D eigenvalue weighted by molar-refractivity contribution is 5.94. The first-order chi connectivity index (χ1) is 16.8. The van der Waals surface area contributed by atoms with Gasteiger partial charge in [0.25, 0.3) is 5.91 Å². The normalized spacial score (nSPS) is 18.2. The lowest BCUT2D eigenvalue weighted by Gasteiger charge is -2.27. The quantitative estimate of drug-likeness (QED) is 0.408. The number of aromatic hydroxyl groups is 1. The number of phenolic OH excluding ortho intramolecular Hbond substituents is 1. The lowest BCUT2D eigenvalue weighted by molar-refractivity contribution is 0.0937. The summed E-state index contributed by atoms with van der Waals surface area (Å²) in [5.41, 5.74) is 3.20. The van der Waals surface area contributed by atoms with Crippen LogP contribution in [0.4, 0.5) is 13.2 Å². The summed E-state index contributed by atoms with van der Waals surface area (Å²) >= 11 is 0. The van der Waals surface area contributed by atoms with Crippen LogP contribution >= 0.6 is 0 Å². The highest BCUT2D eigenvalue weighted by Crippen LogP contribution is 2.35. The Morgan fingerprint density at radius 3 is 2.60 bits per heavy atom. The Balaban J connectivity index is 1.19. The fourth-order valence-electron chi connectivity index (χ4n) is 4.69. The number of aromatic nitrogens is 4. The summed E-state index contributed by atoms with van der Waals surface area (Å²) in [5.74, 6) is -6.60.